The van der Waals surface area contributed by atoms with Crippen LogP contribution in [0.2, 0.25) is 0 Å². The normalized spacial score (nSPS) is 18.6. The van der Waals surface area contributed by atoms with E-state index < -0.39 is 9.84 Å². The summed E-state index contributed by atoms with van der Waals surface area (Å²) in [5.74, 6) is -0.0741. The van der Waals surface area contributed by atoms with Crippen molar-refractivity contribution in [3.05, 3.63) is 40.7 Å². The third kappa shape index (κ3) is 4.05. The summed E-state index contributed by atoms with van der Waals surface area (Å²) in [5, 5.41) is 8.88. The van der Waals surface area contributed by atoms with Gasteiger partial charge >= 0.3 is 0 Å². The molecule has 3 rings (SSSR count). The standard InChI is InChI=1S/C19H26N4O3S/c1-5-9-22(16-8-10-27(25,26)12-16)19(24)18-15(4)20-23(21-18)17-7-6-13(2)11-14(17)3/h6-7,11,16H,5,8-10,12H2,1-4H3. The van der Waals surface area contributed by atoms with Crippen LogP contribution < -0.4 is 0 Å². The summed E-state index contributed by atoms with van der Waals surface area (Å²) in [6.45, 7) is 8.24. The molecular weight excluding hydrogens is 364 g/mol. The number of carbonyl (C=O) groups is 1. The van der Waals surface area contributed by atoms with Gasteiger partial charge in [0.2, 0.25) is 0 Å². The van der Waals surface area contributed by atoms with Crippen LogP contribution in [0.3, 0.4) is 0 Å². The predicted molar refractivity (Wildman–Crippen MR) is 104 cm³/mol. The topological polar surface area (TPSA) is 85.2 Å². The van der Waals surface area contributed by atoms with E-state index in [0.717, 1.165) is 23.2 Å². The minimum absolute atomic E-state index is 0.0307. The van der Waals surface area contributed by atoms with Crippen molar-refractivity contribution in [1.29, 1.82) is 0 Å². The number of benzene rings is 1. The number of carbonyl (C=O) groups excluding carboxylic acids is 1. The van der Waals surface area contributed by atoms with Crippen molar-refractivity contribution < 1.29 is 13.2 Å². The van der Waals surface area contributed by atoms with E-state index in [1.807, 2.05) is 39.0 Å². The van der Waals surface area contributed by atoms with Crippen LogP contribution in [0, 0.1) is 20.8 Å². The molecule has 2 aromatic rings. The predicted octanol–water partition coefficient (Wildman–Crippen LogP) is 2.23. The van der Waals surface area contributed by atoms with Crippen molar-refractivity contribution in [2.24, 2.45) is 0 Å². The Balaban J connectivity index is 1.92. The maximum absolute atomic E-state index is 13.2. The lowest BCUT2D eigenvalue weighted by molar-refractivity contribution is 0.0689. The smallest absolute Gasteiger partial charge is 0.276 e. The van der Waals surface area contributed by atoms with Gasteiger partial charge in [0.25, 0.3) is 5.91 Å². The van der Waals surface area contributed by atoms with E-state index in [1.54, 1.807) is 11.8 Å². The number of sulfone groups is 1. The van der Waals surface area contributed by atoms with Gasteiger partial charge in [-0.2, -0.15) is 9.90 Å². The Labute approximate surface area is 160 Å². The largest absolute Gasteiger partial charge is 0.333 e. The van der Waals surface area contributed by atoms with Gasteiger partial charge in [0, 0.05) is 12.6 Å². The average molecular weight is 391 g/mol. The minimum Gasteiger partial charge on any atom is -0.333 e. The first-order valence-corrected chi connectivity index (χ1v) is 11.1. The highest BCUT2D eigenvalue weighted by Gasteiger charge is 2.36. The quantitative estimate of drug-likeness (QED) is 0.782. The molecule has 1 amide bonds. The molecule has 7 nitrogen and oxygen atoms in total. The Morgan fingerprint density at radius 2 is 2.00 bits per heavy atom. The molecule has 1 saturated heterocycles. The maximum atomic E-state index is 13.2. The van der Waals surface area contributed by atoms with Crippen LogP contribution in [0.4, 0.5) is 0 Å². The van der Waals surface area contributed by atoms with E-state index in [0.29, 0.717) is 18.7 Å². The lowest BCUT2D eigenvalue weighted by atomic mass is 10.1. The van der Waals surface area contributed by atoms with Crippen LogP contribution in [0.1, 0.15) is 47.1 Å². The molecule has 0 N–H and O–H groups in total. The van der Waals surface area contributed by atoms with Crippen LogP contribution >= 0.6 is 0 Å². The van der Waals surface area contributed by atoms with Gasteiger partial charge in [-0.15, -0.1) is 5.10 Å². The van der Waals surface area contributed by atoms with Crippen LogP contribution in [0.25, 0.3) is 5.69 Å². The molecule has 146 valence electrons. The fraction of sp³-hybridized carbons (Fsp3) is 0.526. The van der Waals surface area contributed by atoms with E-state index in [-0.39, 0.29) is 29.1 Å². The summed E-state index contributed by atoms with van der Waals surface area (Å²) in [6.07, 6.45) is 1.24. The molecule has 0 aliphatic carbocycles. The number of hydrogen-bond acceptors (Lipinski definition) is 5. The molecule has 1 atom stereocenters. The molecule has 1 aromatic heterocycles. The number of aromatic nitrogens is 3. The monoisotopic (exact) mass is 390 g/mol. The molecule has 0 bridgehead atoms. The van der Waals surface area contributed by atoms with Gasteiger partial charge in [0.05, 0.1) is 22.9 Å². The van der Waals surface area contributed by atoms with E-state index in [2.05, 4.69) is 10.2 Å². The van der Waals surface area contributed by atoms with Crippen LogP contribution in [-0.4, -0.2) is 58.3 Å². The molecule has 8 heteroatoms. The van der Waals surface area contributed by atoms with Gasteiger partial charge in [0.15, 0.2) is 15.5 Å². The molecular formula is C19H26N4O3S. The van der Waals surface area contributed by atoms with Crippen molar-refractivity contribution in [3.63, 3.8) is 0 Å². The Hall–Kier alpha value is -2.22. The van der Waals surface area contributed by atoms with Crippen LogP contribution in [-0.2, 0) is 9.84 Å². The summed E-state index contributed by atoms with van der Waals surface area (Å²) >= 11 is 0. The zero-order chi connectivity index (χ0) is 19.8. The molecule has 0 spiro atoms. The van der Waals surface area contributed by atoms with E-state index in [9.17, 15) is 13.2 Å². The molecule has 1 fully saturated rings. The number of hydrogen-bond donors (Lipinski definition) is 0. The highest BCUT2D eigenvalue weighted by Crippen LogP contribution is 2.21. The molecule has 0 radical (unpaired) electrons. The Bertz CT molecular complexity index is 965. The second kappa shape index (κ2) is 7.42. The Morgan fingerprint density at radius 1 is 1.26 bits per heavy atom. The molecule has 1 aromatic carbocycles. The number of aryl methyl sites for hydroxylation is 3. The van der Waals surface area contributed by atoms with Gasteiger partial charge in [-0.05, 0) is 45.2 Å². The molecule has 0 saturated carbocycles. The highest BCUT2D eigenvalue weighted by atomic mass is 32.2. The average Bonchev–Trinajstić information content (AvgIpc) is 3.14. The second-order valence-electron chi connectivity index (χ2n) is 7.27. The zero-order valence-electron chi connectivity index (χ0n) is 16.3. The maximum Gasteiger partial charge on any atom is 0.276 e. The van der Waals surface area contributed by atoms with Crippen LogP contribution in [0.15, 0.2) is 18.2 Å². The Morgan fingerprint density at radius 3 is 2.59 bits per heavy atom. The first kappa shape index (κ1) is 19.5. The van der Waals surface area contributed by atoms with Crippen molar-refractivity contribution in [1.82, 2.24) is 19.9 Å². The number of amides is 1. The summed E-state index contributed by atoms with van der Waals surface area (Å²) in [4.78, 5) is 16.3. The fourth-order valence-corrected chi connectivity index (χ4v) is 5.29. The van der Waals surface area contributed by atoms with Crippen molar-refractivity contribution in [3.8, 4) is 5.69 Å². The van der Waals surface area contributed by atoms with E-state index >= 15 is 0 Å². The molecule has 2 heterocycles. The summed E-state index contributed by atoms with van der Waals surface area (Å²) in [6, 6.07) is 5.68. The van der Waals surface area contributed by atoms with Crippen molar-refractivity contribution in [2.45, 2.75) is 46.6 Å². The first-order chi connectivity index (χ1) is 12.7. The lowest BCUT2D eigenvalue weighted by Gasteiger charge is -2.27. The Kier molecular flexibility index (Phi) is 5.37. The second-order valence-corrected chi connectivity index (χ2v) is 9.50. The zero-order valence-corrected chi connectivity index (χ0v) is 17.1. The SMILES string of the molecule is CCCN(C(=O)c1nn(-c2ccc(C)cc2C)nc1C)C1CCS(=O)(=O)C1. The summed E-state index contributed by atoms with van der Waals surface area (Å²) < 4.78 is 23.7. The van der Waals surface area contributed by atoms with Crippen molar-refractivity contribution in [2.75, 3.05) is 18.1 Å². The van der Waals surface area contributed by atoms with Gasteiger partial charge in [-0.1, -0.05) is 24.6 Å². The van der Waals surface area contributed by atoms with Gasteiger partial charge < -0.3 is 4.90 Å². The van der Waals surface area contributed by atoms with Gasteiger partial charge in [-0.3, -0.25) is 4.79 Å². The molecule has 1 aliphatic rings. The van der Waals surface area contributed by atoms with Crippen molar-refractivity contribution >= 4 is 15.7 Å². The molecule has 1 unspecified atom stereocenters. The highest BCUT2D eigenvalue weighted by molar-refractivity contribution is 7.91. The lowest BCUT2D eigenvalue weighted by Crippen LogP contribution is -2.42. The summed E-state index contributed by atoms with van der Waals surface area (Å²) in [7, 11) is -3.07. The van der Waals surface area contributed by atoms with Gasteiger partial charge in [-0.25, -0.2) is 8.42 Å². The molecule has 27 heavy (non-hydrogen) atoms. The summed E-state index contributed by atoms with van der Waals surface area (Å²) in [5.41, 5.74) is 3.83. The van der Waals surface area contributed by atoms with Crippen LogP contribution in [0.5, 0.6) is 0 Å². The third-order valence-electron chi connectivity index (χ3n) is 4.93. The van der Waals surface area contributed by atoms with E-state index in [4.69, 9.17) is 0 Å². The fourth-order valence-electron chi connectivity index (χ4n) is 3.56. The van der Waals surface area contributed by atoms with E-state index in [1.165, 1.54) is 4.80 Å². The minimum atomic E-state index is -3.07. The number of nitrogens with zero attached hydrogens (tertiary/aromatic N) is 4. The first-order valence-electron chi connectivity index (χ1n) is 9.25. The third-order valence-corrected chi connectivity index (χ3v) is 6.68. The number of rotatable bonds is 5. The van der Waals surface area contributed by atoms with Gasteiger partial charge in [0.1, 0.15) is 0 Å². The molecule has 1 aliphatic heterocycles.